The summed E-state index contributed by atoms with van der Waals surface area (Å²) in [5.41, 5.74) is 3.60. The Kier molecular flexibility index (Phi) is 7.04. The molecule has 8 nitrogen and oxygen atoms in total. The summed E-state index contributed by atoms with van der Waals surface area (Å²) in [7, 11) is 2.03. The van der Waals surface area contributed by atoms with Gasteiger partial charge in [0.2, 0.25) is 5.91 Å². The lowest BCUT2D eigenvalue weighted by molar-refractivity contribution is -0.134. The highest BCUT2D eigenvalue weighted by Gasteiger charge is 2.19. The predicted molar refractivity (Wildman–Crippen MR) is 125 cm³/mol. The molecule has 8 heteroatoms. The fourth-order valence-corrected chi connectivity index (χ4v) is 3.71. The Morgan fingerprint density at radius 2 is 1.70 bits per heavy atom. The molecule has 0 aliphatic carbocycles. The van der Waals surface area contributed by atoms with Gasteiger partial charge in [0.1, 0.15) is 11.4 Å². The van der Waals surface area contributed by atoms with Gasteiger partial charge in [-0.2, -0.15) is 0 Å². The number of rotatable bonds is 7. The Morgan fingerprint density at radius 1 is 1.00 bits per heavy atom. The van der Waals surface area contributed by atoms with Gasteiger partial charge in [0.05, 0.1) is 6.54 Å². The average molecular weight is 449 g/mol. The number of amides is 2. The summed E-state index contributed by atoms with van der Waals surface area (Å²) in [6, 6.07) is 17.2. The van der Waals surface area contributed by atoms with Gasteiger partial charge in [-0.15, -0.1) is 0 Å². The Labute approximate surface area is 193 Å². The number of carbonyl (C=O) groups excluding carboxylic acids is 2. The van der Waals surface area contributed by atoms with Crippen LogP contribution in [0, 0.1) is 6.92 Å². The first kappa shape index (κ1) is 22.5. The molecule has 0 unspecified atom stereocenters. The zero-order valence-corrected chi connectivity index (χ0v) is 18.9. The maximum absolute atomic E-state index is 12.2. The van der Waals surface area contributed by atoms with E-state index in [4.69, 9.17) is 9.26 Å². The third kappa shape index (κ3) is 5.59. The van der Waals surface area contributed by atoms with Gasteiger partial charge in [-0.25, -0.2) is 0 Å². The standard InChI is InChI=1S/C25H28N4O4/c1-18-24(27-33-25(18)20-6-4-3-5-7-20)19-8-10-21(11-9-19)32-17-22(30)26-16-23(31)29-14-12-28(2)13-15-29/h3-11H,12-17H2,1-2H3,(H,26,30). The van der Waals surface area contributed by atoms with Crippen molar-refractivity contribution < 1.29 is 18.8 Å². The lowest BCUT2D eigenvalue weighted by Crippen LogP contribution is -2.50. The SMILES string of the molecule is Cc1c(-c2ccc(OCC(=O)NCC(=O)N3CCN(C)CC3)cc2)noc1-c1ccccc1. The smallest absolute Gasteiger partial charge is 0.258 e. The van der Waals surface area contributed by atoms with Gasteiger partial charge in [0, 0.05) is 42.9 Å². The van der Waals surface area contributed by atoms with E-state index in [0.29, 0.717) is 18.8 Å². The molecule has 1 fully saturated rings. The average Bonchev–Trinajstić information content (AvgIpc) is 3.23. The van der Waals surface area contributed by atoms with Gasteiger partial charge in [0.15, 0.2) is 12.4 Å². The number of carbonyl (C=O) groups is 2. The lowest BCUT2D eigenvalue weighted by Gasteiger charge is -2.32. The molecular formula is C25H28N4O4. The second-order valence-electron chi connectivity index (χ2n) is 8.13. The van der Waals surface area contributed by atoms with E-state index in [0.717, 1.165) is 41.2 Å². The molecule has 0 bridgehead atoms. The van der Waals surface area contributed by atoms with E-state index in [1.807, 2.05) is 56.4 Å². The van der Waals surface area contributed by atoms with Crippen LogP contribution in [0.5, 0.6) is 5.75 Å². The molecule has 0 spiro atoms. The number of ether oxygens (including phenoxy) is 1. The largest absolute Gasteiger partial charge is 0.484 e. The summed E-state index contributed by atoms with van der Waals surface area (Å²) in [6.07, 6.45) is 0. The maximum Gasteiger partial charge on any atom is 0.258 e. The van der Waals surface area contributed by atoms with Crippen molar-refractivity contribution >= 4 is 11.8 Å². The van der Waals surface area contributed by atoms with E-state index in [9.17, 15) is 9.59 Å². The quantitative estimate of drug-likeness (QED) is 0.598. The molecule has 1 aromatic heterocycles. The molecule has 0 atom stereocenters. The molecule has 0 radical (unpaired) electrons. The van der Waals surface area contributed by atoms with Crippen molar-refractivity contribution in [2.24, 2.45) is 0 Å². The first-order valence-corrected chi connectivity index (χ1v) is 11.0. The number of aromatic nitrogens is 1. The Morgan fingerprint density at radius 3 is 2.39 bits per heavy atom. The number of nitrogens with one attached hydrogen (secondary N) is 1. The van der Waals surface area contributed by atoms with Crippen molar-refractivity contribution in [2.75, 3.05) is 46.4 Å². The van der Waals surface area contributed by atoms with Gasteiger partial charge in [-0.05, 0) is 38.2 Å². The highest BCUT2D eigenvalue weighted by molar-refractivity contribution is 5.85. The zero-order chi connectivity index (χ0) is 23.2. The lowest BCUT2D eigenvalue weighted by atomic mass is 10.0. The molecule has 172 valence electrons. The van der Waals surface area contributed by atoms with Crippen molar-refractivity contribution in [3.63, 3.8) is 0 Å². The number of nitrogens with zero attached hydrogens (tertiary/aromatic N) is 3. The molecule has 0 saturated carbocycles. The molecule has 2 aromatic carbocycles. The molecule has 1 saturated heterocycles. The minimum atomic E-state index is -0.332. The molecule has 2 amide bonds. The first-order chi connectivity index (χ1) is 16.0. The van der Waals surface area contributed by atoms with Crippen molar-refractivity contribution in [1.82, 2.24) is 20.3 Å². The molecule has 33 heavy (non-hydrogen) atoms. The molecule has 4 rings (SSSR count). The van der Waals surface area contributed by atoms with Gasteiger partial charge in [-0.3, -0.25) is 9.59 Å². The van der Waals surface area contributed by atoms with Crippen LogP contribution in [-0.4, -0.2) is 73.1 Å². The van der Waals surface area contributed by atoms with Crippen LogP contribution < -0.4 is 10.1 Å². The third-order valence-electron chi connectivity index (χ3n) is 5.75. The molecule has 2 heterocycles. The topological polar surface area (TPSA) is 87.9 Å². The molecule has 3 aromatic rings. The van der Waals surface area contributed by atoms with Crippen molar-refractivity contribution in [1.29, 1.82) is 0 Å². The Balaban J connectivity index is 1.27. The maximum atomic E-state index is 12.2. The summed E-state index contributed by atoms with van der Waals surface area (Å²) in [5.74, 6) is 0.900. The third-order valence-corrected chi connectivity index (χ3v) is 5.75. The monoisotopic (exact) mass is 448 g/mol. The fourth-order valence-electron chi connectivity index (χ4n) is 3.71. The van der Waals surface area contributed by atoms with Crippen LogP contribution in [0.3, 0.4) is 0 Å². The van der Waals surface area contributed by atoms with Crippen molar-refractivity contribution in [3.8, 4) is 28.3 Å². The van der Waals surface area contributed by atoms with E-state index >= 15 is 0 Å². The number of hydrogen-bond donors (Lipinski definition) is 1. The molecule has 1 N–H and O–H groups in total. The van der Waals surface area contributed by atoms with Crippen LogP contribution in [0.4, 0.5) is 0 Å². The van der Waals surface area contributed by atoms with E-state index in [1.54, 1.807) is 17.0 Å². The summed E-state index contributed by atoms with van der Waals surface area (Å²) < 4.78 is 11.1. The first-order valence-electron chi connectivity index (χ1n) is 11.0. The second kappa shape index (κ2) is 10.3. The Hall–Kier alpha value is -3.65. The number of hydrogen-bond acceptors (Lipinski definition) is 6. The summed E-state index contributed by atoms with van der Waals surface area (Å²) in [6.45, 7) is 4.88. The number of likely N-dealkylation sites (N-methyl/N-ethyl adjacent to an activating group) is 1. The van der Waals surface area contributed by atoms with Crippen LogP contribution in [0.2, 0.25) is 0 Å². The number of piperazine rings is 1. The molecule has 1 aliphatic heterocycles. The van der Waals surface area contributed by atoms with Crippen LogP contribution in [0.25, 0.3) is 22.6 Å². The van der Waals surface area contributed by atoms with Crippen molar-refractivity contribution in [3.05, 3.63) is 60.2 Å². The molecular weight excluding hydrogens is 420 g/mol. The fraction of sp³-hybridized carbons (Fsp3) is 0.320. The van der Waals surface area contributed by atoms with E-state index in [2.05, 4.69) is 15.4 Å². The van der Waals surface area contributed by atoms with Gasteiger partial charge in [-0.1, -0.05) is 35.5 Å². The van der Waals surface area contributed by atoms with Gasteiger partial charge < -0.3 is 24.4 Å². The highest BCUT2D eigenvalue weighted by atomic mass is 16.5. The summed E-state index contributed by atoms with van der Waals surface area (Å²) >= 11 is 0. The summed E-state index contributed by atoms with van der Waals surface area (Å²) in [4.78, 5) is 28.2. The summed E-state index contributed by atoms with van der Waals surface area (Å²) in [5, 5.41) is 6.86. The zero-order valence-electron chi connectivity index (χ0n) is 18.9. The van der Waals surface area contributed by atoms with Crippen molar-refractivity contribution in [2.45, 2.75) is 6.92 Å². The minimum absolute atomic E-state index is 0.0139. The van der Waals surface area contributed by atoms with E-state index in [-0.39, 0.29) is 25.0 Å². The van der Waals surface area contributed by atoms with Crippen LogP contribution in [0.15, 0.2) is 59.1 Å². The van der Waals surface area contributed by atoms with Crippen LogP contribution in [-0.2, 0) is 9.59 Å². The highest BCUT2D eigenvalue weighted by Crippen LogP contribution is 2.32. The number of benzene rings is 2. The Bertz CT molecular complexity index is 1090. The minimum Gasteiger partial charge on any atom is -0.484 e. The predicted octanol–water partition coefficient (Wildman–Crippen LogP) is 2.59. The second-order valence-corrected chi connectivity index (χ2v) is 8.13. The van der Waals surface area contributed by atoms with Crippen LogP contribution >= 0.6 is 0 Å². The van der Waals surface area contributed by atoms with E-state index in [1.165, 1.54) is 0 Å². The van der Waals surface area contributed by atoms with Gasteiger partial charge in [0.25, 0.3) is 5.91 Å². The van der Waals surface area contributed by atoms with Gasteiger partial charge >= 0.3 is 0 Å². The normalized spacial score (nSPS) is 14.2. The van der Waals surface area contributed by atoms with E-state index < -0.39 is 0 Å². The van der Waals surface area contributed by atoms with Crippen LogP contribution in [0.1, 0.15) is 5.56 Å². The molecule has 1 aliphatic rings.